The van der Waals surface area contributed by atoms with Crippen molar-refractivity contribution in [3.63, 3.8) is 0 Å². The summed E-state index contributed by atoms with van der Waals surface area (Å²) in [5, 5.41) is 7.07. The van der Waals surface area contributed by atoms with Crippen LogP contribution in [0.1, 0.15) is 48.3 Å². The van der Waals surface area contributed by atoms with Crippen LogP contribution in [-0.4, -0.2) is 39.0 Å². The molecule has 2 fully saturated rings. The van der Waals surface area contributed by atoms with Crippen molar-refractivity contribution in [1.29, 1.82) is 0 Å². The summed E-state index contributed by atoms with van der Waals surface area (Å²) in [6.45, 7) is 4.39. The van der Waals surface area contributed by atoms with Crippen molar-refractivity contribution in [2.45, 2.75) is 50.7 Å². The van der Waals surface area contributed by atoms with Gasteiger partial charge in [-0.15, -0.1) is 0 Å². The van der Waals surface area contributed by atoms with E-state index in [0.717, 1.165) is 56.0 Å². The Morgan fingerprint density at radius 3 is 2.49 bits per heavy atom. The number of pyridine rings is 3. The summed E-state index contributed by atoms with van der Waals surface area (Å²) >= 11 is 0. The first-order valence-corrected chi connectivity index (χ1v) is 13.2. The lowest BCUT2D eigenvalue weighted by molar-refractivity contribution is -0.137. The molecule has 1 aliphatic carbocycles. The summed E-state index contributed by atoms with van der Waals surface area (Å²) in [7, 11) is 0. The monoisotopic (exact) mass is 534 g/mol. The molecular weight excluding hydrogens is 505 g/mol. The van der Waals surface area contributed by atoms with Crippen LogP contribution in [-0.2, 0) is 6.18 Å². The number of aryl methyl sites for hydroxylation is 1. The first-order chi connectivity index (χ1) is 18.7. The van der Waals surface area contributed by atoms with Gasteiger partial charge >= 0.3 is 6.18 Å². The minimum atomic E-state index is -4.49. The number of anilines is 4. The van der Waals surface area contributed by atoms with Crippen LogP contribution in [0.25, 0.3) is 10.8 Å². The molecule has 4 aromatic rings. The van der Waals surface area contributed by atoms with Gasteiger partial charge in [0.2, 0.25) is 0 Å². The lowest BCUT2D eigenvalue weighted by Crippen LogP contribution is -2.34. The van der Waals surface area contributed by atoms with E-state index in [1.54, 1.807) is 12.1 Å². The zero-order valence-electron chi connectivity index (χ0n) is 21.5. The average molecular weight is 535 g/mol. The molecule has 1 aromatic carbocycles. The summed E-state index contributed by atoms with van der Waals surface area (Å²) in [5.74, 6) is 1.09. The number of piperidine rings is 1. The number of fused-ring (bicyclic) bond motifs is 1. The Morgan fingerprint density at radius 1 is 0.974 bits per heavy atom. The third-order valence-corrected chi connectivity index (χ3v) is 7.66. The first kappa shape index (κ1) is 25.4. The fourth-order valence-electron chi connectivity index (χ4n) is 5.54. The Hall–Kier alpha value is -3.92. The van der Waals surface area contributed by atoms with E-state index in [4.69, 9.17) is 0 Å². The van der Waals surface area contributed by atoms with Crippen molar-refractivity contribution in [1.82, 2.24) is 19.9 Å². The SMILES string of the molecule is Cc1cc(Nc2nc(Nc3cc(C(F)(F)F)ccn3)cc3cc[nH]c(=O)c23)ccc1C1CCN(C2CC2)CC1. The van der Waals surface area contributed by atoms with Gasteiger partial charge in [-0.25, -0.2) is 9.97 Å². The van der Waals surface area contributed by atoms with Crippen LogP contribution in [0.5, 0.6) is 0 Å². The quantitative estimate of drug-likeness (QED) is 0.263. The molecule has 0 spiro atoms. The van der Waals surface area contributed by atoms with Crippen molar-refractivity contribution in [2.24, 2.45) is 0 Å². The number of halogens is 3. The summed E-state index contributed by atoms with van der Waals surface area (Å²) < 4.78 is 39.5. The smallest absolute Gasteiger partial charge is 0.339 e. The van der Waals surface area contributed by atoms with E-state index in [0.29, 0.717) is 22.5 Å². The molecule has 0 amide bonds. The maximum atomic E-state index is 13.2. The zero-order valence-corrected chi connectivity index (χ0v) is 21.5. The minimum absolute atomic E-state index is 0.000367. The molecule has 39 heavy (non-hydrogen) atoms. The van der Waals surface area contributed by atoms with Crippen molar-refractivity contribution < 1.29 is 13.2 Å². The van der Waals surface area contributed by atoms with Crippen molar-refractivity contribution in [3.05, 3.63) is 81.9 Å². The Bertz CT molecular complexity index is 1570. The predicted molar refractivity (Wildman–Crippen MR) is 146 cm³/mol. The molecular formula is C29H29F3N6O. The van der Waals surface area contributed by atoms with Gasteiger partial charge < -0.3 is 20.5 Å². The highest BCUT2D eigenvalue weighted by Crippen LogP contribution is 2.37. The molecule has 3 N–H and O–H groups in total. The van der Waals surface area contributed by atoms with Crippen molar-refractivity contribution >= 4 is 33.9 Å². The topological polar surface area (TPSA) is 85.9 Å². The lowest BCUT2D eigenvalue weighted by atomic mass is 9.86. The lowest BCUT2D eigenvalue weighted by Gasteiger charge is -2.33. The molecule has 4 heterocycles. The molecule has 10 heteroatoms. The maximum absolute atomic E-state index is 13.2. The Kier molecular flexibility index (Phi) is 6.50. The van der Waals surface area contributed by atoms with Crippen LogP contribution < -0.4 is 16.2 Å². The maximum Gasteiger partial charge on any atom is 0.416 e. The molecule has 0 radical (unpaired) electrons. The number of likely N-dealkylation sites (tertiary alicyclic amines) is 1. The van der Waals surface area contributed by atoms with Gasteiger partial charge in [0.05, 0.1) is 10.9 Å². The van der Waals surface area contributed by atoms with Crippen LogP contribution in [0.2, 0.25) is 0 Å². The van der Waals surface area contributed by atoms with E-state index in [-0.39, 0.29) is 17.2 Å². The number of H-pyrrole nitrogens is 1. The van der Waals surface area contributed by atoms with Gasteiger partial charge in [0, 0.05) is 24.1 Å². The van der Waals surface area contributed by atoms with Gasteiger partial charge in [0.1, 0.15) is 17.5 Å². The highest BCUT2D eigenvalue weighted by Gasteiger charge is 2.32. The van der Waals surface area contributed by atoms with E-state index in [1.165, 1.54) is 30.2 Å². The molecule has 6 rings (SSSR count). The second-order valence-electron chi connectivity index (χ2n) is 10.4. The number of aromatic nitrogens is 3. The van der Waals surface area contributed by atoms with Gasteiger partial charge in [-0.1, -0.05) is 6.07 Å². The highest BCUT2D eigenvalue weighted by molar-refractivity contribution is 5.94. The van der Waals surface area contributed by atoms with Gasteiger partial charge in [-0.05, 0) is 105 Å². The van der Waals surface area contributed by atoms with Gasteiger partial charge in [0.25, 0.3) is 5.56 Å². The fraction of sp³-hybridized carbons (Fsp3) is 0.345. The highest BCUT2D eigenvalue weighted by atomic mass is 19.4. The van der Waals surface area contributed by atoms with E-state index in [2.05, 4.69) is 49.5 Å². The molecule has 0 bridgehead atoms. The van der Waals surface area contributed by atoms with Crippen LogP contribution in [0.3, 0.4) is 0 Å². The average Bonchev–Trinajstić information content (AvgIpc) is 3.74. The van der Waals surface area contributed by atoms with Crippen molar-refractivity contribution in [2.75, 3.05) is 23.7 Å². The van der Waals surface area contributed by atoms with Crippen LogP contribution in [0.15, 0.2) is 59.7 Å². The zero-order chi connectivity index (χ0) is 27.1. The fourth-order valence-corrected chi connectivity index (χ4v) is 5.54. The predicted octanol–water partition coefficient (Wildman–Crippen LogP) is 6.47. The molecule has 0 atom stereocenters. The largest absolute Gasteiger partial charge is 0.416 e. The summed E-state index contributed by atoms with van der Waals surface area (Å²) in [6.07, 6.45) is 3.11. The van der Waals surface area contributed by atoms with E-state index in [1.807, 2.05) is 6.07 Å². The molecule has 2 aliphatic rings. The minimum Gasteiger partial charge on any atom is -0.339 e. The van der Waals surface area contributed by atoms with Crippen molar-refractivity contribution in [3.8, 4) is 0 Å². The molecule has 0 unspecified atom stereocenters. The van der Waals surface area contributed by atoms with Crippen LogP contribution in [0.4, 0.5) is 36.3 Å². The number of nitrogens with zero attached hydrogens (tertiary/aromatic N) is 3. The van der Waals surface area contributed by atoms with E-state index >= 15 is 0 Å². The van der Waals surface area contributed by atoms with Gasteiger partial charge in [-0.2, -0.15) is 13.2 Å². The molecule has 202 valence electrons. The Labute approximate surface area is 223 Å². The third kappa shape index (κ3) is 5.47. The number of nitrogens with one attached hydrogen (secondary N) is 3. The summed E-state index contributed by atoms with van der Waals surface area (Å²) in [4.78, 5) is 26.6. The normalized spacial score (nSPS) is 16.9. The number of alkyl halides is 3. The standard InChI is InChI=1S/C29H29F3N6O/c1-17-14-21(2-5-23(17)18-8-12-38(13-9-18)22-3-4-22)35-27-26-19(6-10-34-28(26)39)15-25(37-27)36-24-16-20(7-11-33-24)29(30,31)32/h2,5-7,10-11,14-16,18,22H,3-4,8-9,12-13H2,1H3,(H,34,39)(H2,33,35,36,37). The summed E-state index contributed by atoms with van der Waals surface area (Å²) in [6, 6.07) is 12.2. The summed E-state index contributed by atoms with van der Waals surface area (Å²) in [5.41, 5.74) is 2.16. The second kappa shape index (κ2) is 10.00. The van der Waals surface area contributed by atoms with E-state index < -0.39 is 11.7 Å². The molecule has 3 aromatic heterocycles. The number of rotatable bonds is 6. The Balaban J connectivity index is 1.27. The second-order valence-corrected chi connectivity index (χ2v) is 10.4. The molecule has 1 saturated carbocycles. The number of benzene rings is 1. The number of hydrogen-bond acceptors (Lipinski definition) is 6. The van der Waals surface area contributed by atoms with Crippen LogP contribution >= 0.6 is 0 Å². The van der Waals surface area contributed by atoms with Crippen LogP contribution in [0, 0.1) is 6.92 Å². The number of hydrogen-bond donors (Lipinski definition) is 3. The third-order valence-electron chi connectivity index (χ3n) is 7.66. The van der Waals surface area contributed by atoms with Gasteiger partial charge in [0.15, 0.2) is 0 Å². The Morgan fingerprint density at radius 2 is 1.77 bits per heavy atom. The molecule has 1 saturated heterocycles. The van der Waals surface area contributed by atoms with Gasteiger partial charge in [-0.3, -0.25) is 4.79 Å². The van der Waals surface area contributed by atoms with E-state index in [9.17, 15) is 18.0 Å². The molecule has 1 aliphatic heterocycles. The first-order valence-electron chi connectivity index (χ1n) is 13.2. The number of aromatic amines is 1. The molecule has 7 nitrogen and oxygen atoms in total.